The first kappa shape index (κ1) is 27.5. The summed E-state index contributed by atoms with van der Waals surface area (Å²) in [5.74, 6) is 0. The van der Waals surface area contributed by atoms with Gasteiger partial charge in [-0.3, -0.25) is 0 Å². The minimum atomic E-state index is -0.500. The van der Waals surface area contributed by atoms with Crippen LogP contribution in [0.2, 0.25) is 0 Å². The van der Waals surface area contributed by atoms with Crippen LogP contribution in [0.25, 0.3) is 0 Å². The van der Waals surface area contributed by atoms with Gasteiger partial charge in [0.05, 0.1) is 0 Å². The molecule has 20 heavy (non-hydrogen) atoms. The minimum Gasteiger partial charge on any atom is -0.487 e. The van der Waals surface area contributed by atoms with Crippen LogP contribution in [0.15, 0.2) is 35.4 Å². The summed E-state index contributed by atoms with van der Waals surface area (Å²) in [5, 5.41) is 7.16. The molecule has 0 aliphatic rings. The van der Waals surface area contributed by atoms with Gasteiger partial charge in [0.15, 0.2) is 0 Å². The average Bonchev–Trinajstić information content (AvgIpc) is 2.38. The number of thiocarbonyl (C=S) groups is 2. The maximum atomic E-state index is 7.56. The van der Waals surface area contributed by atoms with Gasteiger partial charge in [-0.1, -0.05) is 47.5 Å². The molecule has 118 valence electrons. The van der Waals surface area contributed by atoms with E-state index in [0.29, 0.717) is 6.61 Å². The predicted octanol–water partition coefficient (Wildman–Crippen LogP) is 4.13. The van der Waals surface area contributed by atoms with Crippen molar-refractivity contribution < 1.29 is 9.84 Å². The van der Waals surface area contributed by atoms with E-state index in [-0.39, 0.29) is 5.17 Å². The topological polar surface area (TPSA) is 81.5 Å². The Bertz CT molecular complexity index is 275. The standard InChI is InChI=1S/C5H9NOS.2C3H5Cl.CH3NOS/c1-2-3-4-7-5(6)8;2*1-2-3-4;2-1(3)4/h2-3H,4H2,1H3,(H2,6,8);2*2-3H,1H3;(H3,2,3,4). The van der Waals surface area contributed by atoms with Crippen molar-refractivity contribution >= 4 is 58.0 Å². The van der Waals surface area contributed by atoms with Crippen molar-refractivity contribution in [1.82, 2.24) is 0 Å². The molecule has 0 aromatic rings. The second-order valence-electron chi connectivity index (χ2n) is 2.46. The van der Waals surface area contributed by atoms with Gasteiger partial charge in [-0.15, -0.1) is 0 Å². The van der Waals surface area contributed by atoms with E-state index < -0.39 is 5.17 Å². The summed E-state index contributed by atoms with van der Waals surface area (Å²) in [5.41, 5.74) is 12.4. The third-order valence-electron chi connectivity index (χ3n) is 0.809. The Kier molecular flexibility index (Phi) is 42.5. The molecule has 8 heteroatoms. The molecule has 0 aromatic heterocycles. The third-order valence-corrected chi connectivity index (χ3v) is 1.43. The summed E-state index contributed by atoms with van der Waals surface area (Å²) < 4.78 is 4.70. The van der Waals surface area contributed by atoms with Gasteiger partial charge in [-0.05, 0) is 56.3 Å². The fourth-order valence-electron chi connectivity index (χ4n) is 0.226. The summed E-state index contributed by atoms with van der Waals surface area (Å²) in [6, 6.07) is 0. The number of aliphatic hydroxyl groups excluding tert-OH is 1. The van der Waals surface area contributed by atoms with E-state index in [1.807, 2.05) is 32.9 Å². The average molecular weight is 361 g/mol. The predicted molar refractivity (Wildman–Crippen MR) is 98.3 cm³/mol. The molecule has 0 unspecified atom stereocenters. The number of hydrogen-bond donors (Lipinski definition) is 3. The Morgan fingerprint density at radius 3 is 1.50 bits per heavy atom. The molecule has 0 heterocycles. The van der Waals surface area contributed by atoms with Crippen molar-refractivity contribution in [3.63, 3.8) is 0 Å². The van der Waals surface area contributed by atoms with E-state index in [0.717, 1.165) is 0 Å². The van der Waals surface area contributed by atoms with E-state index in [2.05, 4.69) is 30.2 Å². The molecule has 0 aliphatic carbocycles. The molecule has 0 rings (SSSR count). The van der Waals surface area contributed by atoms with Gasteiger partial charge >= 0.3 is 0 Å². The smallest absolute Gasteiger partial charge is 0.254 e. The number of hydrogen-bond acceptors (Lipinski definition) is 3. The number of nitrogens with two attached hydrogens (primary N) is 2. The highest BCUT2D eigenvalue weighted by Gasteiger charge is 1.79. The van der Waals surface area contributed by atoms with E-state index in [9.17, 15) is 0 Å². The molecule has 0 amide bonds. The van der Waals surface area contributed by atoms with Gasteiger partial charge in [0.25, 0.3) is 10.3 Å². The zero-order valence-electron chi connectivity index (χ0n) is 11.8. The molecular weight excluding hydrogens is 339 g/mol. The maximum absolute atomic E-state index is 7.56. The van der Waals surface area contributed by atoms with Crippen molar-refractivity contribution in [2.24, 2.45) is 11.5 Å². The lowest BCUT2D eigenvalue weighted by Gasteiger charge is -1.95. The monoisotopic (exact) mass is 360 g/mol. The van der Waals surface area contributed by atoms with Crippen LogP contribution in [0.4, 0.5) is 0 Å². The molecule has 0 fully saturated rings. The summed E-state index contributed by atoms with van der Waals surface area (Å²) in [6.07, 6.45) is 7.24. The number of allylic oxidation sites excluding steroid dienone is 3. The highest BCUT2D eigenvalue weighted by molar-refractivity contribution is 7.80. The van der Waals surface area contributed by atoms with Crippen LogP contribution in [0.5, 0.6) is 0 Å². The highest BCUT2D eigenvalue weighted by atomic mass is 35.5. The van der Waals surface area contributed by atoms with Crippen molar-refractivity contribution in [3.05, 3.63) is 35.4 Å². The Hall–Kier alpha value is -0.820. The number of ether oxygens (including phenoxy) is 1. The molecule has 0 aromatic carbocycles. The van der Waals surface area contributed by atoms with Crippen LogP contribution < -0.4 is 11.5 Å². The van der Waals surface area contributed by atoms with Crippen LogP contribution in [-0.2, 0) is 4.74 Å². The minimum absolute atomic E-state index is 0.100. The second kappa shape index (κ2) is 30.9. The quantitative estimate of drug-likeness (QED) is 0.507. The van der Waals surface area contributed by atoms with Crippen molar-refractivity contribution in [1.29, 1.82) is 0 Å². The summed E-state index contributed by atoms with van der Waals surface area (Å²) in [6.45, 7) is 6.12. The molecule has 0 atom stereocenters. The molecule has 4 nitrogen and oxygen atoms in total. The van der Waals surface area contributed by atoms with Gasteiger partial charge < -0.3 is 21.3 Å². The van der Waals surface area contributed by atoms with E-state index >= 15 is 0 Å². The van der Waals surface area contributed by atoms with Crippen molar-refractivity contribution in [3.8, 4) is 0 Å². The molecule has 0 bridgehead atoms. The molecule has 0 saturated heterocycles. The number of rotatable bonds is 2. The third kappa shape index (κ3) is 118. The van der Waals surface area contributed by atoms with Crippen LogP contribution in [-0.4, -0.2) is 22.1 Å². The fraction of sp³-hybridized carbons (Fsp3) is 0.333. The fourth-order valence-corrected chi connectivity index (χ4v) is 0.295. The van der Waals surface area contributed by atoms with Gasteiger partial charge in [0.1, 0.15) is 6.61 Å². The van der Waals surface area contributed by atoms with Crippen molar-refractivity contribution in [2.75, 3.05) is 6.61 Å². The zero-order chi connectivity index (χ0) is 16.8. The second-order valence-corrected chi connectivity index (χ2v) is 3.78. The largest absolute Gasteiger partial charge is 0.487 e. The molecule has 0 radical (unpaired) electrons. The van der Waals surface area contributed by atoms with Crippen LogP contribution in [0, 0.1) is 0 Å². The SMILES string of the molecule is CC=CCOC(N)=S.CC=CCl.CC=CCl.NC(O)=S. The lowest BCUT2D eigenvalue weighted by atomic mass is 10.6. The molecule has 0 saturated carbocycles. The van der Waals surface area contributed by atoms with Crippen LogP contribution in [0.3, 0.4) is 0 Å². The van der Waals surface area contributed by atoms with Crippen LogP contribution in [0.1, 0.15) is 20.8 Å². The van der Waals surface area contributed by atoms with Crippen molar-refractivity contribution in [2.45, 2.75) is 20.8 Å². The lowest BCUT2D eigenvalue weighted by molar-refractivity contribution is 0.354. The van der Waals surface area contributed by atoms with E-state index in [1.165, 1.54) is 11.1 Å². The Labute approximate surface area is 142 Å². The molecular formula is C12H22Cl2N2O2S2. The van der Waals surface area contributed by atoms with Gasteiger partial charge in [0, 0.05) is 0 Å². The summed E-state index contributed by atoms with van der Waals surface area (Å²) in [4.78, 5) is 0. The number of aliphatic hydroxyl groups is 1. The first-order chi connectivity index (χ1) is 9.33. The zero-order valence-corrected chi connectivity index (χ0v) is 14.9. The van der Waals surface area contributed by atoms with E-state index in [1.54, 1.807) is 12.2 Å². The molecule has 5 N–H and O–H groups in total. The molecule has 0 aliphatic heterocycles. The van der Waals surface area contributed by atoms with Gasteiger partial charge in [0.2, 0.25) is 0 Å². The Balaban J connectivity index is -0.0000000917. The van der Waals surface area contributed by atoms with E-state index in [4.69, 9.17) is 38.8 Å². The molecule has 0 spiro atoms. The number of halogens is 2. The summed E-state index contributed by atoms with van der Waals surface area (Å²) >= 11 is 18.3. The van der Waals surface area contributed by atoms with Gasteiger partial charge in [-0.25, -0.2) is 0 Å². The van der Waals surface area contributed by atoms with Gasteiger partial charge in [-0.2, -0.15) is 0 Å². The Morgan fingerprint density at radius 1 is 1.05 bits per heavy atom. The Morgan fingerprint density at radius 2 is 1.35 bits per heavy atom. The first-order valence-electron chi connectivity index (χ1n) is 5.28. The normalized spacial score (nSPS) is 8.85. The highest BCUT2D eigenvalue weighted by Crippen LogP contribution is 1.75. The maximum Gasteiger partial charge on any atom is 0.254 e. The summed E-state index contributed by atoms with van der Waals surface area (Å²) in [7, 11) is 0. The lowest BCUT2D eigenvalue weighted by Crippen LogP contribution is -2.12. The van der Waals surface area contributed by atoms with Crippen LogP contribution >= 0.6 is 47.6 Å². The first-order valence-corrected chi connectivity index (χ1v) is 6.97.